The molecule has 0 aliphatic heterocycles. The van der Waals surface area contributed by atoms with Crippen LogP contribution in [0.15, 0.2) is 30.3 Å². The van der Waals surface area contributed by atoms with Gasteiger partial charge >= 0.3 is 0 Å². The van der Waals surface area contributed by atoms with Crippen LogP contribution in [-0.2, 0) is 5.41 Å². The third-order valence-corrected chi connectivity index (χ3v) is 3.61. The number of benzene rings is 2. The zero-order chi connectivity index (χ0) is 14.2. The maximum atomic E-state index is 3.40. The van der Waals surface area contributed by atoms with Crippen LogP contribution in [0.2, 0.25) is 0 Å². The lowest BCUT2D eigenvalue weighted by Gasteiger charge is -2.20. The van der Waals surface area contributed by atoms with Gasteiger partial charge in [-0.1, -0.05) is 50.6 Å². The first-order valence-corrected chi connectivity index (χ1v) is 6.89. The smallest absolute Gasteiger partial charge is 0.00969 e. The van der Waals surface area contributed by atoms with E-state index in [0.717, 1.165) is 0 Å². The second-order valence-corrected chi connectivity index (χ2v) is 6.51. The minimum absolute atomic E-state index is 0.177. The Morgan fingerprint density at radius 3 is 2.00 bits per heavy atom. The number of aryl methyl sites for hydroxylation is 3. The van der Waals surface area contributed by atoms with Gasteiger partial charge in [-0.05, 0) is 66.1 Å². The molecular formula is C19H23. The lowest BCUT2D eigenvalue weighted by Crippen LogP contribution is -2.10. The van der Waals surface area contributed by atoms with Crippen LogP contribution >= 0.6 is 0 Å². The first-order valence-electron chi connectivity index (χ1n) is 6.89. The normalized spacial score (nSPS) is 11.7. The first-order chi connectivity index (χ1) is 8.79. The molecule has 0 heterocycles. The molecule has 0 aliphatic rings. The highest BCUT2D eigenvalue weighted by molar-refractivity contribution is 5.71. The number of rotatable bonds is 1. The monoisotopic (exact) mass is 251 g/mol. The summed E-state index contributed by atoms with van der Waals surface area (Å²) < 4.78 is 0. The molecule has 0 fully saturated rings. The minimum atomic E-state index is 0.177. The topological polar surface area (TPSA) is 0 Å². The van der Waals surface area contributed by atoms with Crippen LogP contribution < -0.4 is 0 Å². The molecule has 0 bridgehead atoms. The molecule has 0 N–H and O–H groups in total. The van der Waals surface area contributed by atoms with E-state index in [0.29, 0.717) is 0 Å². The van der Waals surface area contributed by atoms with E-state index in [9.17, 15) is 0 Å². The van der Waals surface area contributed by atoms with Crippen molar-refractivity contribution in [2.45, 2.75) is 47.0 Å². The van der Waals surface area contributed by atoms with Crippen molar-refractivity contribution >= 4 is 0 Å². The van der Waals surface area contributed by atoms with Gasteiger partial charge in [-0.3, -0.25) is 0 Å². The Balaban J connectivity index is 2.60. The molecule has 2 aromatic carbocycles. The Kier molecular flexibility index (Phi) is 3.54. The largest absolute Gasteiger partial charge is 0.0578 e. The number of hydrogen-bond donors (Lipinski definition) is 0. The van der Waals surface area contributed by atoms with E-state index in [1.54, 1.807) is 0 Å². The van der Waals surface area contributed by atoms with Crippen LogP contribution in [0.3, 0.4) is 0 Å². The molecule has 0 amide bonds. The molecule has 2 aromatic rings. The van der Waals surface area contributed by atoms with Crippen molar-refractivity contribution in [1.29, 1.82) is 0 Å². The summed E-state index contributed by atoms with van der Waals surface area (Å²) in [6.07, 6.45) is 0. The zero-order valence-electron chi connectivity index (χ0n) is 12.9. The summed E-state index contributed by atoms with van der Waals surface area (Å²) in [7, 11) is 0. The molecule has 1 radical (unpaired) electrons. The van der Waals surface area contributed by atoms with Gasteiger partial charge in [-0.2, -0.15) is 0 Å². The average Bonchev–Trinajstić information content (AvgIpc) is 2.26. The van der Waals surface area contributed by atoms with Gasteiger partial charge in [0.1, 0.15) is 0 Å². The molecule has 0 spiro atoms. The molecule has 0 saturated carbocycles. The zero-order valence-corrected chi connectivity index (χ0v) is 12.9. The van der Waals surface area contributed by atoms with Gasteiger partial charge in [0.15, 0.2) is 0 Å². The summed E-state index contributed by atoms with van der Waals surface area (Å²) in [5, 5.41) is 0. The molecule has 19 heavy (non-hydrogen) atoms. The molecular weight excluding hydrogens is 228 g/mol. The van der Waals surface area contributed by atoms with Crippen molar-refractivity contribution in [2.24, 2.45) is 0 Å². The maximum Gasteiger partial charge on any atom is -0.00969 e. The fraction of sp³-hybridized carbons (Fsp3) is 0.368. The van der Waals surface area contributed by atoms with Gasteiger partial charge in [0.05, 0.1) is 0 Å². The van der Waals surface area contributed by atoms with E-state index in [1.165, 1.54) is 33.4 Å². The van der Waals surface area contributed by atoms with E-state index in [1.807, 2.05) is 0 Å². The standard InChI is InChI=1S/C19H23/c1-13-10-14(2)18(15(3)11-13)16-8-7-9-17(12-16)19(4,5)6/h7,9-12H,1-6H3. The van der Waals surface area contributed by atoms with Gasteiger partial charge in [-0.25, -0.2) is 0 Å². The summed E-state index contributed by atoms with van der Waals surface area (Å²) in [5.41, 5.74) is 8.07. The Morgan fingerprint density at radius 2 is 1.47 bits per heavy atom. The van der Waals surface area contributed by atoms with E-state index in [4.69, 9.17) is 0 Å². The summed E-state index contributed by atoms with van der Waals surface area (Å²) in [6, 6.07) is 14.4. The van der Waals surface area contributed by atoms with E-state index in [-0.39, 0.29) is 5.41 Å². The highest BCUT2D eigenvalue weighted by atomic mass is 14.2. The van der Waals surface area contributed by atoms with Gasteiger partial charge in [-0.15, -0.1) is 0 Å². The predicted octanol–water partition coefficient (Wildman–Crippen LogP) is 5.38. The Morgan fingerprint density at radius 1 is 0.895 bits per heavy atom. The highest BCUT2D eigenvalue weighted by Gasteiger charge is 2.15. The van der Waals surface area contributed by atoms with E-state index >= 15 is 0 Å². The third kappa shape index (κ3) is 2.89. The Hall–Kier alpha value is -1.56. The fourth-order valence-corrected chi connectivity index (χ4v) is 2.68. The van der Waals surface area contributed by atoms with Crippen LogP contribution in [0, 0.1) is 26.8 Å². The molecule has 0 saturated heterocycles. The van der Waals surface area contributed by atoms with Gasteiger partial charge in [0.2, 0.25) is 0 Å². The quantitative estimate of drug-likeness (QED) is 0.638. The molecule has 0 nitrogen and oxygen atoms in total. The lowest BCUT2D eigenvalue weighted by atomic mass is 9.84. The molecule has 99 valence electrons. The summed E-state index contributed by atoms with van der Waals surface area (Å²) in [6.45, 7) is 13.3. The van der Waals surface area contributed by atoms with Crippen molar-refractivity contribution in [1.82, 2.24) is 0 Å². The summed E-state index contributed by atoms with van der Waals surface area (Å²) in [4.78, 5) is 0. The van der Waals surface area contributed by atoms with E-state index < -0.39 is 0 Å². The molecule has 0 unspecified atom stereocenters. The molecule has 0 aliphatic carbocycles. The van der Waals surface area contributed by atoms with Crippen LogP contribution in [0.4, 0.5) is 0 Å². The highest BCUT2D eigenvalue weighted by Crippen LogP contribution is 2.31. The lowest BCUT2D eigenvalue weighted by molar-refractivity contribution is 0.590. The van der Waals surface area contributed by atoms with E-state index in [2.05, 4.69) is 77.9 Å². The third-order valence-electron chi connectivity index (χ3n) is 3.61. The fourth-order valence-electron chi connectivity index (χ4n) is 2.68. The minimum Gasteiger partial charge on any atom is -0.0578 e. The summed E-state index contributed by atoms with van der Waals surface area (Å²) in [5.74, 6) is 0. The van der Waals surface area contributed by atoms with Crippen LogP contribution in [0.5, 0.6) is 0 Å². The van der Waals surface area contributed by atoms with Crippen molar-refractivity contribution < 1.29 is 0 Å². The molecule has 0 aromatic heterocycles. The SMILES string of the molecule is Cc1cc(C)c(-c2[c]ccc(C(C)(C)C)c2)c(C)c1. The average molecular weight is 251 g/mol. The van der Waals surface area contributed by atoms with Crippen LogP contribution in [0.1, 0.15) is 43.0 Å². The number of hydrogen-bond acceptors (Lipinski definition) is 0. The second-order valence-electron chi connectivity index (χ2n) is 6.51. The molecule has 0 heteroatoms. The van der Waals surface area contributed by atoms with Gasteiger partial charge in [0, 0.05) is 0 Å². The second kappa shape index (κ2) is 4.85. The maximum absolute atomic E-state index is 3.40. The predicted molar refractivity (Wildman–Crippen MR) is 83.6 cm³/mol. The van der Waals surface area contributed by atoms with Crippen molar-refractivity contribution in [3.63, 3.8) is 0 Å². The Labute approximate surface area is 117 Å². The van der Waals surface area contributed by atoms with Crippen molar-refractivity contribution in [2.75, 3.05) is 0 Å². The molecule has 0 atom stereocenters. The van der Waals surface area contributed by atoms with Gasteiger partial charge in [0.25, 0.3) is 0 Å². The summed E-state index contributed by atoms with van der Waals surface area (Å²) >= 11 is 0. The molecule has 2 rings (SSSR count). The van der Waals surface area contributed by atoms with Crippen molar-refractivity contribution in [3.05, 3.63) is 58.7 Å². The van der Waals surface area contributed by atoms with Crippen LogP contribution in [-0.4, -0.2) is 0 Å². The van der Waals surface area contributed by atoms with Crippen molar-refractivity contribution in [3.8, 4) is 11.1 Å². The Bertz CT molecular complexity index is 575. The first kappa shape index (κ1) is 13.9. The van der Waals surface area contributed by atoms with Gasteiger partial charge < -0.3 is 0 Å². The van der Waals surface area contributed by atoms with Crippen LogP contribution in [0.25, 0.3) is 11.1 Å².